The van der Waals surface area contributed by atoms with E-state index >= 15 is 0 Å². The molecule has 96 valence electrons. The summed E-state index contributed by atoms with van der Waals surface area (Å²) in [6.07, 6.45) is 0. The fourth-order valence-corrected chi connectivity index (χ4v) is 2.17. The Morgan fingerprint density at radius 1 is 1.33 bits per heavy atom. The van der Waals surface area contributed by atoms with Gasteiger partial charge in [0.2, 0.25) is 0 Å². The fourth-order valence-electron chi connectivity index (χ4n) is 2.17. The van der Waals surface area contributed by atoms with Crippen molar-refractivity contribution >= 4 is 0 Å². The SMILES string of the molecule is CNCc1nn(C)c(C)c1-c1ccccc1OC. The highest BCUT2D eigenvalue weighted by atomic mass is 16.5. The molecule has 0 saturated carbocycles. The monoisotopic (exact) mass is 245 g/mol. The third kappa shape index (κ3) is 2.11. The van der Waals surface area contributed by atoms with E-state index in [9.17, 15) is 0 Å². The topological polar surface area (TPSA) is 39.1 Å². The minimum Gasteiger partial charge on any atom is -0.496 e. The number of para-hydroxylation sites is 1. The molecule has 0 radical (unpaired) electrons. The number of methoxy groups -OCH3 is 1. The maximum absolute atomic E-state index is 5.44. The maximum atomic E-state index is 5.44. The van der Waals surface area contributed by atoms with Gasteiger partial charge in [-0.2, -0.15) is 5.10 Å². The summed E-state index contributed by atoms with van der Waals surface area (Å²) in [5.74, 6) is 0.881. The van der Waals surface area contributed by atoms with Crippen molar-refractivity contribution in [2.24, 2.45) is 7.05 Å². The third-order valence-corrected chi connectivity index (χ3v) is 3.13. The summed E-state index contributed by atoms with van der Waals surface area (Å²) in [5.41, 5.74) is 4.44. The van der Waals surface area contributed by atoms with Crippen molar-refractivity contribution in [1.29, 1.82) is 0 Å². The molecule has 0 aliphatic rings. The van der Waals surface area contributed by atoms with Crippen LogP contribution in [0, 0.1) is 6.92 Å². The fraction of sp³-hybridized carbons (Fsp3) is 0.357. The van der Waals surface area contributed by atoms with E-state index in [2.05, 4.69) is 23.4 Å². The Hall–Kier alpha value is -1.81. The first-order chi connectivity index (χ1) is 8.69. The highest BCUT2D eigenvalue weighted by Gasteiger charge is 2.17. The van der Waals surface area contributed by atoms with E-state index in [0.29, 0.717) is 0 Å². The molecular formula is C14H19N3O. The van der Waals surface area contributed by atoms with Crippen LogP contribution >= 0.6 is 0 Å². The molecule has 0 unspecified atom stereocenters. The quantitative estimate of drug-likeness (QED) is 0.896. The number of nitrogens with zero attached hydrogens (tertiary/aromatic N) is 2. The van der Waals surface area contributed by atoms with Gasteiger partial charge in [-0.25, -0.2) is 0 Å². The highest BCUT2D eigenvalue weighted by Crippen LogP contribution is 2.34. The molecule has 1 N–H and O–H groups in total. The summed E-state index contributed by atoms with van der Waals surface area (Å²) in [4.78, 5) is 0. The lowest BCUT2D eigenvalue weighted by Gasteiger charge is -2.09. The number of ether oxygens (including phenoxy) is 1. The second-order valence-corrected chi connectivity index (χ2v) is 4.26. The lowest BCUT2D eigenvalue weighted by molar-refractivity contribution is 0.416. The van der Waals surface area contributed by atoms with Crippen molar-refractivity contribution in [2.75, 3.05) is 14.2 Å². The van der Waals surface area contributed by atoms with Gasteiger partial charge in [0.25, 0.3) is 0 Å². The van der Waals surface area contributed by atoms with Crippen molar-refractivity contribution in [2.45, 2.75) is 13.5 Å². The predicted molar refractivity (Wildman–Crippen MR) is 72.7 cm³/mol. The molecule has 2 rings (SSSR count). The van der Waals surface area contributed by atoms with E-state index < -0.39 is 0 Å². The van der Waals surface area contributed by atoms with E-state index in [-0.39, 0.29) is 0 Å². The van der Waals surface area contributed by atoms with Crippen LogP contribution in [0.4, 0.5) is 0 Å². The zero-order valence-electron chi connectivity index (χ0n) is 11.3. The number of hydrogen-bond acceptors (Lipinski definition) is 3. The average molecular weight is 245 g/mol. The third-order valence-electron chi connectivity index (χ3n) is 3.13. The molecule has 1 aromatic heterocycles. The van der Waals surface area contributed by atoms with Gasteiger partial charge in [-0.1, -0.05) is 18.2 Å². The molecule has 0 saturated heterocycles. The Bertz CT molecular complexity index is 546. The number of nitrogens with one attached hydrogen (secondary N) is 1. The van der Waals surface area contributed by atoms with Gasteiger partial charge in [0, 0.05) is 30.4 Å². The summed E-state index contributed by atoms with van der Waals surface area (Å²) >= 11 is 0. The molecule has 1 aromatic carbocycles. The molecule has 0 aliphatic carbocycles. The zero-order valence-corrected chi connectivity index (χ0v) is 11.3. The Morgan fingerprint density at radius 3 is 2.72 bits per heavy atom. The summed E-state index contributed by atoms with van der Waals surface area (Å²) in [6, 6.07) is 8.05. The first-order valence-corrected chi connectivity index (χ1v) is 5.99. The van der Waals surface area contributed by atoms with Gasteiger partial charge in [0.15, 0.2) is 0 Å². The number of aromatic nitrogens is 2. The number of aryl methyl sites for hydroxylation is 1. The number of benzene rings is 1. The van der Waals surface area contributed by atoms with Gasteiger partial charge in [0.05, 0.1) is 12.8 Å². The first-order valence-electron chi connectivity index (χ1n) is 5.99. The Balaban J connectivity index is 2.62. The second-order valence-electron chi connectivity index (χ2n) is 4.26. The lowest BCUT2D eigenvalue weighted by atomic mass is 10.0. The van der Waals surface area contributed by atoms with Gasteiger partial charge in [-0.15, -0.1) is 0 Å². The molecule has 0 amide bonds. The molecule has 0 aliphatic heterocycles. The summed E-state index contributed by atoms with van der Waals surface area (Å²) in [7, 11) is 5.59. The molecule has 2 aromatic rings. The van der Waals surface area contributed by atoms with Crippen molar-refractivity contribution in [1.82, 2.24) is 15.1 Å². The number of hydrogen-bond donors (Lipinski definition) is 1. The van der Waals surface area contributed by atoms with Crippen molar-refractivity contribution < 1.29 is 4.74 Å². The van der Waals surface area contributed by atoms with E-state index in [1.54, 1.807) is 7.11 Å². The van der Waals surface area contributed by atoms with Crippen molar-refractivity contribution in [3.8, 4) is 16.9 Å². The van der Waals surface area contributed by atoms with Crippen LogP contribution in [0.2, 0.25) is 0 Å². The van der Waals surface area contributed by atoms with Gasteiger partial charge in [0.1, 0.15) is 5.75 Å². The smallest absolute Gasteiger partial charge is 0.126 e. The summed E-state index contributed by atoms with van der Waals surface area (Å²) < 4.78 is 7.35. The molecule has 1 heterocycles. The van der Waals surface area contributed by atoms with Gasteiger partial charge in [-0.05, 0) is 20.0 Å². The van der Waals surface area contributed by atoms with E-state index in [0.717, 1.165) is 34.8 Å². The first kappa shape index (κ1) is 12.6. The maximum Gasteiger partial charge on any atom is 0.126 e. The molecule has 0 spiro atoms. The van der Waals surface area contributed by atoms with E-state index in [1.807, 2.05) is 37.0 Å². The largest absolute Gasteiger partial charge is 0.496 e. The van der Waals surface area contributed by atoms with Crippen LogP contribution in [-0.2, 0) is 13.6 Å². The van der Waals surface area contributed by atoms with Crippen LogP contribution in [0.5, 0.6) is 5.75 Å². The molecule has 0 atom stereocenters. The Kier molecular flexibility index (Phi) is 3.67. The zero-order chi connectivity index (χ0) is 13.1. The van der Waals surface area contributed by atoms with Crippen LogP contribution in [-0.4, -0.2) is 23.9 Å². The molecule has 4 heteroatoms. The molecular weight excluding hydrogens is 226 g/mol. The average Bonchev–Trinajstić information content (AvgIpc) is 2.65. The van der Waals surface area contributed by atoms with Crippen molar-refractivity contribution in [3.63, 3.8) is 0 Å². The molecule has 0 fully saturated rings. The van der Waals surface area contributed by atoms with E-state index in [1.165, 1.54) is 0 Å². The second kappa shape index (κ2) is 5.23. The van der Waals surface area contributed by atoms with Crippen molar-refractivity contribution in [3.05, 3.63) is 35.7 Å². The van der Waals surface area contributed by atoms with Crippen LogP contribution in [0.1, 0.15) is 11.4 Å². The van der Waals surface area contributed by atoms with E-state index in [4.69, 9.17) is 4.74 Å². The Morgan fingerprint density at radius 2 is 2.06 bits per heavy atom. The minimum atomic E-state index is 0.745. The van der Waals surface area contributed by atoms with Gasteiger partial charge in [-0.3, -0.25) is 4.68 Å². The van der Waals surface area contributed by atoms with Crippen LogP contribution in [0.25, 0.3) is 11.1 Å². The predicted octanol–water partition coefficient (Wildman–Crippen LogP) is 2.12. The van der Waals surface area contributed by atoms with Crippen LogP contribution < -0.4 is 10.1 Å². The summed E-state index contributed by atoms with van der Waals surface area (Å²) in [6.45, 7) is 2.82. The van der Waals surface area contributed by atoms with Crippen LogP contribution in [0.15, 0.2) is 24.3 Å². The van der Waals surface area contributed by atoms with Crippen LogP contribution in [0.3, 0.4) is 0 Å². The molecule has 4 nitrogen and oxygen atoms in total. The van der Waals surface area contributed by atoms with Gasteiger partial charge >= 0.3 is 0 Å². The standard InChI is InChI=1S/C14H19N3O/c1-10-14(12(9-15-2)16-17(10)3)11-7-5-6-8-13(11)18-4/h5-8,15H,9H2,1-4H3. The molecule has 0 bridgehead atoms. The lowest BCUT2D eigenvalue weighted by Crippen LogP contribution is -2.07. The minimum absolute atomic E-state index is 0.745. The molecule has 18 heavy (non-hydrogen) atoms. The Labute approximate surface area is 108 Å². The summed E-state index contributed by atoms with van der Waals surface area (Å²) in [5, 5.41) is 7.71. The van der Waals surface area contributed by atoms with Gasteiger partial charge < -0.3 is 10.1 Å². The highest BCUT2D eigenvalue weighted by molar-refractivity contribution is 5.74. The number of rotatable bonds is 4. The normalized spacial score (nSPS) is 10.7.